The first-order valence-electron chi connectivity index (χ1n) is 8.63. The average Bonchev–Trinajstić information content (AvgIpc) is 2.88. The van der Waals surface area contributed by atoms with Gasteiger partial charge in [-0.25, -0.2) is 4.79 Å². The van der Waals surface area contributed by atoms with Gasteiger partial charge in [0.15, 0.2) is 0 Å². The minimum Gasteiger partial charge on any atom is -0.378 e. The zero-order chi connectivity index (χ0) is 17.9. The Morgan fingerprint density at radius 2 is 1.88 bits per heavy atom. The Balaban J connectivity index is 1.81. The summed E-state index contributed by atoms with van der Waals surface area (Å²) in [4.78, 5) is 40.7. The summed E-state index contributed by atoms with van der Waals surface area (Å²) in [6, 6.07) is 8.71. The van der Waals surface area contributed by atoms with Crippen LogP contribution in [0, 0.1) is 0 Å². The molecule has 2 aliphatic rings. The van der Waals surface area contributed by atoms with Crippen LogP contribution in [0.15, 0.2) is 30.3 Å². The molecule has 7 nitrogen and oxygen atoms in total. The first-order chi connectivity index (χ1) is 12.1. The number of benzene rings is 1. The molecule has 0 radical (unpaired) electrons. The van der Waals surface area contributed by atoms with Crippen LogP contribution in [0.5, 0.6) is 0 Å². The predicted octanol–water partition coefficient (Wildman–Crippen LogP) is 1.09. The lowest BCUT2D eigenvalue weighted by Gasteiger charge is -2.29. The highest BCUT2D eigenvalue weighted by Crippen LogP contribution is 2.33. The first-order valence-corrected chi connectivity index (χ1v) is 8.63. The quantitative estimate of drug-likeness (QED) is 0.811. The molecule has 0 aromatic heterocycles. The molecule has 1 atom stereocenters. The number of morpholine rings is 1. The Bertz CT molecular complexity index is 658. The van der Waals surface area contributed by atoms with Gasteiger partial charge in [-0.1, -0.05) is 43.7 Å². The van der Waals surface area contributed by atoms with Crippen LogP contribution in [0.25, 0.3) is 0 Å². The van der Waals surface area contributed by atoms with E-state index in [9.17, 15) is 14.4 Å². The summed E-state index contributed by atoms with van der Waals surface area (Å²) in [6.07, 6.45) is 1.22. The van der Waals surface area contributed by atoms with Gasteiger partial charge in [-0.05, 0) is 12.0 Å². The normalized spacial score (nSPS) is 23.7. The zero-order valence-electron chi connectivity index (χ0n) is 14.4. The van der Waals surface area contributed by atoms with Gasteiger partial charge < -0.3 is 15.0 Å². The van der Waals surface area contributed by atoms with Crippen molar-refractivity contribution >= 4 is 17.8 Å². The second kappa shape index (κ2) is 7.23. The first kappa shape index (κ1) is 17.4. The molecule has 0 saturated carbocycles. The van der Waals surface area contributed by atoms with Crippen LogP contribution in [-0.4, -0.2) is 60.5 Å². The third-order valence-electron chi connectivity index (χ3n) is 4.72. The van der Waals surface area contributed by atoms with Gasteiger partial charge in [-0.15, -0.1) is 0 Å². The van der Waals surface area contributed by atoms with Crippen LogP contribution in [0.1, 0.15) is 25.3 Å². The Kier molecular flexibility index (Phi) is 5.03. The molecule has 3 rings (SSSR count). The average molecular weight is 345 g/mol. The van der Waals surface area contributed by atoms with E-state index in [1.165, 1.54) is 0 Å². The minimum atomic E-state index is -1.08. The molecule has 0 bridgehead atoms. The number of amides is 4. The van der Waals surface area contributed by atoms with E-state index in [-0.39, 0.29) is 18.4 Å². The second-order valence-corrected chi connectivity index (χ2v) is 6.34. The summed E-state index contributed by atoms with van der Waals surface area (Å²) in [6.45, 7) is 3.67. The van der Waals surface area contributed by atoms with Gasteiger partial charge in [0.05, 0.1) is 13.2 Å². The molecule has 2 fully saturated rings. The maximum absolute atomic E-state index is 13.1. The van der Waals surface area contributed by atoms with E-state index in [4.69, 9.17) is 4.74 Å². The summed E-state index contributed by atoms with van der Waals surface area (Å²) in [5.41, 5.74) is -0.338. The molecule has 4 amide bonds. The van der Waals surface area contributed by atoms with Crippen molar-refractivity contribution in [2.45, 2.75) is 25.3 Å². The van der Waals surface area contributed by atoms with Crippen molar-refractivity contribution in [3.8, 4) is 0 Å². The number of hydrogen-bond donors (Lipinski definition) is 1. The van der Waals surface area contributed by atoms with Crippen molar-refractivity contribution in [2.75, 3.05) is 32.8 Å². The summed E-state index contributed by atoms with van der Waals surface area (Å²) in [7, 11) is 0. The lowest BCUT2D eigenvalue weighted by Crippen LogP contribution is -2.48. The Labute approximate surface area is 146 Å². The molecular formula is C18H23N3O4. The number of hydrogen-bond acceptors (Lipinski definition) is 4. The van der Waals surface area contributed by atoms with E-state index >= 15 is 0 Å². The molecule has 1 aromatic rings. The number of carbonyl (C=O) groups excluding carboxylic acids is 3. The van der Waals surface area contributed by atoms with E-state index in [0.717, 1.165) is 16.9 Å². The van der Waals surface area contributed by atoms with Crippen molar-refractivity contribution < 1.29 is 19.1 Å². The monoisotopic (exact) mass is 345 g/mol. The molecule has 0 unspecified atom stereocenters. The summed E-state index contributed by atoms with van der Waals surface area (Å²) >= 11 is 0. The number of nitrogens with zero attached hydrogens (tertiary/aromatic N) is 2. The fourth-order valence-corrected chi connectivity index (χ4v) is 3.42. The van der Waals surface area contributed by atoms with E-state index in [1.807, 2.05) is 37.3 Å². The summed E-state index contributed by atoms with van der Waals surface area (Å²) in [5.74, 6) is -0.584. The topological polar surface area (TPSA) is 79.0 Å². The van der Waals surface area contributed by atoms with Crippen molar-refractivity contribution in [1.29, 1.82) is 0 Å². The van der Waals surface area contributed by atoms with Gasteiger partial charge in [-0.3, -0.25) is 14.5 Å². The third kappa shape index (κ3) is 3.24. The van der Waals surface area contributed by atoms with Gasteiger partial charge in [0, 0.05) is 13.1 Å². The Morgan fingerprint density at radius 1 is 1.20 bits per heavy atom. The van der Waals surface area contributed by atoms with Gasteiger partial charge in [0.1, 0.15) is 12.1 Å². The highest BCUT2D eigenvalue weighted by molar-refractivity contribution is 6.09. The number of ether oxygens (including phenoxy) is 1. The fourth-order valence-electron chi connectivity index (χ4n) is 3.42. The molecule has 1 aromatic carbocycles. The summed E-state index contributed by atoms with van der Waals surface area (Å²) < 4.78 is 5.23. The summed E-state index contributed by atoms with van der Waals surface area (Å²) in [5, 5.41) is 2.83. The van der Waals surface area contributed by atoms with Crippen molar-refractivity contribution in [1.82, 2.24) is 15.1 Å². The van der Waals surface area contributed by atoms with Gasteiger partial charge >= 0.3 is 6.03 Å². The Morgan fingerprint density at radius 3 is 2.52 bits per heavy atom. The number of imide groups is 1. The Hall–Kier alpha value is -2.41. The molecular weight excluding hydrogens is 322 g/mol. The predicted molar refractivity (Wildman–Crippen MR) is 90.7 cm³/mol. The second-order valence-electron chi connectivity index (χ2n) is 6.34. The number of rotatable bonds is 5. The highest BCUT2D eigenvalue weighted by atomic mass is 16.5. The molecule has 134 valence electrons. The highest BCUT2D eigenvalue weighted by Gasteiger charge is 2.52. The van der Waals surface area contributed by atoms with E-state index in [0.29, 0.717) is 32.7 Å². The maximum Gasteiger partial charge on any atom is 0.325 e. The lowest BCUT2D eigenvalue weighted by atomic mass is 9.85. The van der Waals surface area contributed by atoms with E-state index in [1.54, 1.807) is 4.90 Å². The number of urea groups is 1. The van der Waals surface area contributed by atoms with Crippen molar-refractivity contribution in [2.24, 2.45) is 0 Å². The fraction of sp³-hybridized carbons (Fsp3) is 0.500. The van der Waals surface area contributed by atoms with Crippen LogP contribution >= 0.6 is 0 Å². The molecule has 1 N–H and O–H groups in total. The van der Waals surface area contributed by atoms with Crippen molar-refractivity contribution in [3.05, 3.63) is 35.9 Å². The van der Waals surface area contributed by atoms with Crippen LogP contribution in [0.3, 0.4) is 0 Å². The van der Waals surface area contributed by atoms with E-state index in [2.05, 4.69) is 5.32 Å². The molecule has 25 heavy (non-hydrogen) atoms. The standard InChI is InChI=1S/C18H23N3O4/c1-2-8-18(14-6-4-3-5-7-14)16(23)21(17(24)19-18)13-15(22)20-9-11-25-12-10-20/h3-7H,2,8-13H2,1H3,(H,19,24)/t18-/m0/s1. The molecule has 0 aliphatic carbocycles. The van der Waals surface area contributed by atoms with Crippen LogP contribution in [0.2, 0.25) is 0 Å². The van der Waals surface area contributed by atoms with Gasteiger partial charge in [-0.2, -0.15) is 0 Å². The van der Waals surface area contributed by atoms with Crippen molar-refractivity contribution in [3.63, 3.8) is 0 Å². The largest absolute Gasteiger partial charge is 0.378 e. The maximum atomic E-state index is 13.1. The number of carbonyl (C=O) groups is 3. The molecule has 7 heteroatoms. The van der Waals surface area contributed by atoms with Gasteiger partial charge in [0.2, 0.25) is 5.91 Å². The zero-order valence-corrected chi connectivity index (χ0v) is 14.4. The molecule has 2 heterocycles. The number of nitrogens with one attached hydrogen (secondary N) is 1. The lowest BCUT2D eigenvalue weighted by molar-refractivity contribution is -0.141. The van der Waals surface area contributed by atoms with Gasteiger partial charge in [0.25, 0.3) is 5.91 Å². The third-order valence-corrected chi connectivity index (χ3v) is 4.72. The van der Waals surface area contributed by atoms with E-state index < -0.39 is 11.6 Å². The molecule has 2 saturated heterocycles. The molecule has 0 spiro atoms. The SMILES string of the molecule is CCC[C@@]1(c2ccccc2)NC(=O)N(CC(=O)N2CCOCC2)C1=O. The van der Waals surface area contributed by atoms with Crippen LogP contribution in [-0.2, 0) is 19.9 Å². The van der Waals surface area contributed by atoms with Crippen LogP contribution < -0.4 is 5.32 Å². The van der Waals surface area contributed by atoms with Crippen LogP contribution in [0.4, 0.5) is 4.79 Å². The minimum absolute atomic E-state index is 0.229. The molecule has 2 aliphatic heterocycles. The smallest absolute Gasteiger partial charge is 0.325 e.